The molecule has 0 spiro atoms. The minimum Gasteiger partial charge on any atom is -0.478 e. The van der Waals surface area contributed by atoms with Crippen molar-refractivity contribution in [3.8, 4) is 11.3 Å². The van der Waals surface area contributed by atoms with Crippen molar-refractivity contribution in [1.29, 1.82) is 0 Å². The summed E-state index contributed by atoms with van der Waals surface area (Å²) >= 11 is 0. The molecule has 27 heavy (non-hydrogen) atoms. The molecular formula is C21H19N3O3. The maximum absolute atomic E-state index is 11.4. The van der Waals surface area contributed by atoms with Gasteiger partial charge in [0.1, 0.15) is 0 Å². The Hall–Kier alpha value is -3.67. The first-order valence-electron chi connectivity index (χ1n) is 8.43. The predicted molar refractivity (Wildman–Crippen MR) is 104 cm³/mol. The Morgan fingerprint density at radius 3 is 2.93 bits per heavy atom. The third kappa shape index (κ3) is 4.92. The molecule has 0 bridgehead atoms. The first-order valence-corrected chi connectivity index (χ1v) is 8.43. The van der Waals surface area contributed by atoms with Crippen molar-refractivity contribution in [3.05, 3.63) is 78.1 Å². The number of nitrogens with one attached hydrogen (secondary N) is 2. The van der Waals surface area contributed by atoms with Crippen molar-refractivity contribution >= 4 is 23.6 Å². The average Bonchev–Trinajstić information content (AvgIpc) is 2.67. The van der Waals surface area contributed by atoms with E-state index >= 15 is 0 Å². The maximum Gasteiger partial charge on any atom is 0.328 e. The van der Waals surface area contributed by atoms with Gasteiger partial charge in [-0.25, -0.2) is 4.79 Å². The Balaban J connectivity index is 1.81. The van der Waals surface area contributed by atoms with Crippen LogP contribution in [0.3, 0.4) is 0 Å². The Labute approximate surface area is 156 Å². The van der Waals surface area contributed by atoms with E-state index in [1.807, 2.05) is 36.4 Å². The Bertz CT molecular complexity index is 961. The van der Waals surface area contributed by atoms with Crippen LogP contribution in [-0.4, -0.2) is 28.5 Å². The molecule has 6 nitrogen and oxygen atoms in total. The van der Waals surface area contributed by atoms with E-state index in [0.717, 1.165) is 40.6 Å². The van der Waals surface area contributed by atoms with Crippen molar-refractivity contribution in [3.63, 3.8) is 0 Å². The second kappa shape index (κ2) is 8.14. The number of benzene rings is 1. The van der Waals surface area contributed by atoms with Crippen LogP contribution in [0.25, 0.3) is 23.0 Å². The topological polar surface area (TPSA) is 91.3 Å². The van der Waals surface area contributed by atoms with Gasteiger partial charge in [-0.05, 0) is 29.8 Å². The predicted octanol–water partition coefficient (Wildman–Crippen LogP) is 2.81. The van der Waals surface area contributed by atoms with E-state index in [-0.39, 0.29) is 5.91 Å². The molecule has 1 aromatic carbocycles. The summed E-state index contributed by atoms with van der Waals surface area (Å²) in [5.41, 5.74) is 4.75. The average molecular weight is 361 g/mol. The van der Waals surface area contributed by atoms with Crippen LogP contribution >= 0.6 is 0 Å². The molecule has 1 aliphatic heterocycles. The number of hydrogen-bond donors (Lipinski definition) is 3. The number of aromatic nitrogens is 1. The fourth-order valence-corrected chi connectivity index (χ4v) is 2.71. The van der Waals surface area contributed by atoms with Gasteiger partial charge in [0.05, 0.1) is 5.69 Å². The molecule has 0 radical (unpaired) electrons. The Morgan fingerprint density at radius 1 is 1.30 bits per heavy atom. The van der Waals surface area contributed by atoms with E-state index in [9.17, 15) is 9.59 Å². The zero-order valence-electron chi connectivity index (χ0n) is 14.6. The number of hydrogen-bond acceptors (Lipinski definition) is 4. The summed E-state index contributed by atoms with van der Waals surface area (Å²) < 4.78 is 0. The largest absolute Gasteiger partial charge is 0.478 e. The number of carbonyl (C=O) groups is 2. The highest BCUT2D eigenvalue weighted by Gasteiger charge is 2.11. The molecule has 2 aromatic rings. The smallest absolute Gasteiger partial charge is 0.328 e. The van der Waals surface area contributed by atoms with E-state index in [2.05, 4.69) is 22.2 Å². The van der Waals surface area contributed by atoms with Crippen LogP contribution < -0.4 is 10.6 Å². The molecule has 0 saturated carbocycles. The normalized spacial score (nSPS) is 13.8. The van der Waals surface area contributed by atoms with Gasteiger partial charge in [-0.3, -0.25) is 9.78 Å². The summed E-state index contributed by atoms with van der Waals surface area (Å²) in [6, 6.07) is 11.2. The molecule has 1 aromatic heterocycles. The third-order valence-electron chi connectivity index (χ3n) is 4.02. The molecule has 6 heteroatoms. The molecular weight excluding hydrogens is 342 g/mol. The van der Waals surface area contributed by atoms with Crippen molar-refractivity contribution in [1.82, 2.24) is 15.6 Å². The van der Waals surface area contributed by atoms with Crippen molar-refractivity contribution in [2.45, 2.75) is 6.42 Å². The van der Waals surface area contributed by atoms with Gasteiger partial charge in [0.15, 0.2) is 0 Å². The number of carboxylic acids is 1. The summed E-state index contributed by atoms with van der Waals surface area (Å²) in [5, 5.41) is 14.7. The lowest BCUT2D eigenvalue weighted by atomic mass is 10.0. The van der Waals surface area contributed by atoms with E-state index in [4.69, 9.17) is 5.11 Å². The second-order valence-corrected chi connectivity index (χ2v) is 6.04. The molecule has 1 aliphatic rings. The molecule has 0 saturated heterocycles. The van der Waals surface area contributed by atoms with E-state index < -0.39 is 5.97 Å². The summed E-state index contributed by atoms with van der Waals surface area (Å²) in [6.45, 7) is 4.66. The first kappa shape index (κ1) is 18.1. The minimum atomic E-state index is -0.992. The summed E-state index contributed by atoms with van der Waals surface area (Å²) in [6.07, 6.45) is 6.59. The van der Waals surface area contributed by atoms with Gasteiger partial charge in [0.25, 0.3) is 0 Å². The van der Waals surface area contributed by atoms with Crippen LogP contribution in [0.2, 0.25) is 0 Å². The lowest BCUT2D eigenvalue weighted by Crippen LogP contribution is -2.30. The fraction of sp³-hybridized carbons (Fsp3) is 0.0952. The van der Waals surface area contributed by atoms with Gasteiger partial charge in [0, 0.05) is 53.8 Å². The van der Waals surface area contributed by atoms with Crippen LogP contribution in [0.1, 0.15) is 17.5 Å². The molecule has 0 atom stereocenters. The number of nitrogens with zero attached hydrogens (tertiary/aromatic N) is 1. The molecule has 0 unspecified atom stereocenters. The van der Waals surface area contributed by atoms with Gasteiger partial charge >= 0.3 is 5.97 Å². The maximum atomic E-state index is 11.4. The molecule has 0 aliphatic carbocycles. The van der Waals surface area contributed by atoms with Crippen LogP contribution in [0, 0.1) is 0 Å². The SMILES string of the molecule is C=C(NC1=CC(=O)NCC1)c1ccnc(-c2cccc(/C=C/C(=O)O)c2)c1. The number of carboxylic acid groups (broad SMARTS) is 1. The molecule has 3 rings (SSSR count). The highest BCUT2D eigenvalue weighted by Crippen LogP contribution is 2.22. The second-order valence-electron chi connectivity index (χ2n) is 6.04. The summed E-state index contributed by atoms with van der Waals surface area (Å²) in [4.78, 5) is 26.5. The van der Waals surface area contributed by atoms with Gasteiger partial charge in [-0.2, -0.15) is 0 Å². The van der Waals surface area contributed by atoms with Crippen LogP contribution in [0.5, 0.6) is 0 Å². The number of carbonyl (C=O) groups excluding carboxylic acids is 1. The number of aliphatic carboxylic acids is 1. The quantitative estimate of drug-likeness (QED) is 0.688. The van der Waals surface area contributed by atoms with E-state index in [1.165, 1.54) is 12.2 Å². The zero-order chi connectivity index (χ0) is 19.2. The zero-order valence-corrected chi connectivity index (χ0v) is 14.6. The molecule has 0 fully saturated rings. The lowest BCUT2D eigenvalue weighted by Gasteiger charge is -2.17. The van der Waals surface area contributed by atoms with Gasteiger partial charge in [-0.15, -0.1) is 0 Å². The van der Waals surface area contributed by atoms with Crippen LogP contribution in [0.15, 0.2) is 67.0 Å². The van der Waals surface area contributed by atoms with Crippen molar-refractivity contribution in [2.24, 2.45) is 0 Å². The van der Waals surface area contributed by atoms with Crippen molar-refractivity contribution < 1.29 is 14.7 Å². The summed E-state index contributed by atoms with van der Waals surface area (Å²) in [5.74, 6) is -1.10. The van der Waals surface area contributed by atoms with E-state index in [1.54, 1.807) is 6.20 Å². The number of rotatable bonds is 6. The Morgan fingerprint density at radius 2 is 2.15 bits per heavy atom. The van der Waals surface area contributed by atoms with Crippen molar-refractivity contribution in [2.75, 3.05) is 6.54 Å². The standard InChI is InChI=1S/C21H19N3O3/c1-14(24-18-8-10-23-20(25)13-18)16-7-9-22-19(12-16)17-4-2-3-15(11-17)5-6-21(26)27/h2-7,9,11-13,24H,1,8,10H2,(H,23,25)(H,26,27)/b6-5+. The van der Waals surface area contributed by atoms with Crippen LogP contribution in [-0.2, 0) is 9.59 Å². The van der Waals surface area contributed by atoms with Gasteiger partial charge < -0.3 is 15.7 Å². The molecule has 3 N–H and O–H groups in total. The minimum absolute atomic E-state index is 0.113. The van der Waals surface area contributed by atoms with Gasteiger partial charge in [0.2, 0.25) is 5.91 Å². The number of amides is 1. The van der Waals surface area contributed by atoms with Gasteiger partial charge in [-0.1, -0.05) is 24.8 Å². The summed E-state index contributed by atoms with van der Waals surface area (Å²) in [7, 11) is 0. The first-order chi connectivity index (χ1) is 13.0. The van der Waals surface area contributed by atoms with Crippen LogP contribution in [0.4, 0.5) is 0 Å². The molecule has 136 valence electrons. The third-order valence-corrected chi connectivity index (χ3v) is 4.02. The highest BCUT2D eigenvalue weighted by atomic mass is 16.4. The molecule has 1 amide bonds. The lowest BCUT2D eigenvalue weighted by molar-refractivity contribution is -0.131. The molecule has 2 heterocycles. The fourth-order valence-electron chi connectivity index (χ4n) is 2.71. The Kier molecular flexibility index (Phi) is 5.47. The monoisotopic (exact) mass is 361 g/mol. The highest BCUT2D eigenvalue weighted by molar-refractivity contribution is 5.89. The number of pyridine rings is 1. The van der Waals surface area contributed by atoms with E-state index in [0.29, 0.717) is 12.2 Å².